The number of rotatable bonds is 5. The van der Waals surface area contributed by atoms with E-state index in [0.29, 0.717) is 24.7 Å². The van der Waals surface area contributed by atoms with Crippen LogP contribution >= 0.6 is 11.3 Å². The number of pyridine rings is 1. The summed E-state index contributed by atoms with van der Waals surface area (Å²) in [6.45, 7) is 1.18. The molecule has 1 atom stereocenters. The van der Waals surface area contributed by atoms with Gasteiger partial charge in [0.15, 0.2) is 12.2 Å². The molecule has 1 saturated heterocycles. The van der Waals surface area contributed by atoms with Crippen molar-refractivity contribution in [3.8, 4) is 11.1 Å². The summed E-state index contributed by atoms with van der Waals surface area (Å²) in [6.07, 6.45) is 1.10. The molecule has 1 aliphatic rings. The smallest absolute Gasteiger partial charge is 0.220 e. The maximum atomic E-state index is 14.2. The van der Waals surface area contributed by atoms with Gasteiger partial charge in [-0.25, -0.2) is 9.98 Å². The van der Waals surface area contributed by atoms with Crippen LogP contribution in [0.2, 0.25) is 0 Å². The first-order valence-electron chi connectivity index (χ1n) is 9.56. The van der Waals surface area contributed by atoms with Crippen molar-refractivity contribution in [2.45, 2.75) is 12.3 Å². The fourth-order valence-corrected chi connectivity index (χ4v) is 4.15. The van der Waals surface area contributed by atoms with Crippen LogP contribution in [0.3, 0.4) is 0 Å². The topological polar surface area (TPSA) is 73.0 Å². The van der Waals surface area contributed by atoms with E-state index in [1.165, 1.54) is 6.20 Å². The molecular weight excluding hydrogens is 403 g/mol. The molecule has 0 spiro atoms. The van der Waals surface area contributed by atoms with Crippen LogP contribution in [0.15, 0.2) is 59.0 Å². The van der Waals surface area contributed by atoms with Crippen LogP contribution in [-0.2, 0) is 9.47 Å². The third-order valence-corrected chi connectivity index (χ3v) is 5.77. The molecule has 0 radical (unpaired) electrons. The van der Waals surface area contributed by atoms with Gasteiger partial charge in [-0.3, -0.25) is 0 Å². The molecule has 8 heteroatoms. The van der Waals surface area contributed by atoms with E-state index in [9.17, 15) is 4.39 Å². The first-order valence-corrected chi connectivity index (χ1v) is 10.4. The number of nitrogens with zero attached hydrogens (tertiary/aromatic N) is 3. The maximum absolute atomic E-state index is 14.2. The van der Waals surface area contributed by atoms with Gasteiger partial charge in [-0.15, -0.1) is 11.3 Å². The second-order valence-corrected chi connectivity index (χ2v) is 8.05. The number of hydrogen-bond donors (Lipinski definition) is 1. The normalized spacial score (nSPS) is 16.0. The fraction of sp³-hybridized carbons (Fsp3) is 0.273. The maximum Gasteiger partial charge on any atom is 0.220 e. The fourth-order valence-electron chi connectivity index (χ4n) is 3.22. The number of guanidine groups is 1. The molecule has 1 fully saturated rings. The van der Waals surface area contributed by atoms with E-state index in [0.717, 1.165) is 21.6 Å². The van der Waals surface area contributed by atoms with E-state index < -0.39 is 5.95 Å². The van der Waals surface area contributed by atoms with Crippen LogP contribution in [-0.4, -0.2) is 43.2 Å². The van der Waals surface area contributed by atoms with Crippen LogP contribution in [0, 0.1) is 5.95 Å². The monoisotopic (exact) mass is 426 g/mol. The van der Waals surface area contributed by atoms with Crippen LogP contribution < -0.4 is 5.73 Å². The number of hydrogen-bond acceptors (Lipinski definition) is 5. The molecular formula is C22H23FN4O2S. The Hall–Kier alpha value is -2.81. The molecule has 1 aromatic carbocycles. The van der Waals surface area contributed by atoms with Gasteiger partial charge in [-0.2, -0.15) is 4.39 Å². The molecule has 0 aliphatic carbocycles. The van der Waals surface area contributed by atoms with Gasteiger partial charge in [-0.1, -0.05) is 18.2 Å². The van der Waals surface area contributed by atoms with Crippen molar-refractivity contribution < 1.29 is 13.9 Å². The Kier molecular flexibility index (Phi) is 6.08. The average Bonchev–Trinajstić information content (AvgIpc) is 3.44. The summed E-state index contributed by atoms with van der Waals surface area (Å²) in [4.78, 5) is 11.3. The Labute approximate surface area is 178 Å². The molecule has 3 aromatic rings. The van der Waals surface area contributed by atoms with Crippen LogP contribution in [0.1, 0.15) is 28.3 Å². The summed E-state index contributed by atoms with van der Waals surface area (Å²) in [7, 11) is 3.69. The second kappa shape index (κ2) is 8.91. The highest BCUT2D eigenvalue weighted by Gasteiger charge is 2.23. The van der Waals surface area contributed by atoms with Gasteiger partial charge in [0.1, 0.15) is 6.04 Å². The summed E-state index contributed by atoms with van der Waals surface area (Å²) >= 11 is 1.56. The van der Waals surface area contributed by atoms with E-state index in [2.05, 4.69) is 4.98 Å². The lowest BCUT2D eigenvalue weighted by Gasteiger charge is -2.18. The SMILES string of the molecule is CN(C)C(N)=NC(c1cccc(-c2cccnc2F)c1)c1csc(C2OCCO2)c1. The zero-order chi connectivity index (χ0) is 21.1. The van der Waals surface area contributed by atoms with Gasteiger partial charge < -0.3 is 20.1 Å². The predicted molar refractivity (Wildman–Crippen MR) is 116 cm³/mol. The van der Waals surface area contributed by atoms with Gasteiger partial charge in [0.05, 0.1) is 18.1 Å². The first-order chi connectivity index (χ1) is 14.5. The third-order valence-electron chi connectivity index (χ3n) is 4.80. The molecule has 2 aromatic heterocycles. The van der Waals surface area contributed by atoms with Gasteiger partial charge >= 0.3 is 0 Å². The molecule has 156 valence electrons. The number of aromatic nitrogens is 1. The summed E-state index contributed by atoms with van der Waals surface area (Å²) < 4.78 is 25.5. The predicted octanol–water partition coefficient (Wildman–Crippen LogP) is 3.96. The number of benzene rings is 1. The van der Waals surface area contributed by atoms with Gasteiger partial charge in [-0.05, 0) is 46.3 Å². The van der Waals surface area contributed by atoms with Gasteiger partial charge in [0.2, 0.25) is 5.95 Å². The minimum atomic E-state index is -0.504. The minimum absolute atomic E-state index is 0.338. The number of aliphatic imine (C=N–C) groups is 1. The Morgan fingerprint density at radius 2 is 2.00 bits per heavy atom. The molecule has 1 unspecified atom stereocenters. The molecule has 4 rings (SSSR count). The van der Waals surface area contributed by atoms with Crippen molar-refractivity contribution in [3.63, 3.8) is 0 Å². The molecule has 0 saturated carbocycles. The lowest BCUT2D eigenvalue weighted by atomic mass is 9.97. The van der Waals surface area contributed by atoms with Crippen molar-refractivity contribution in [2.24, 2.45) is 10.7 Å². The summed E-state index contributed by atoms with van der Waals surface area (Å²) in [5, 5.41) is 2.04. The summed E-state index contributed by atoms with van der Waals surface area (Å²) in [5.74, 6) is -0.102. The minimum Gasteiger partial charge on any atom is -0.370 e. The summed E-state index contributed by atoms with van der Waals surface area (Å²) in [6, 6.07) is 12.8. The number of ether oxygens (including phenoxy) is 2. The van der Waals surface area contributed by atoms with E-state index in [-0.39, 0.29) is 12.3 Å². The van der Waals surface area contributed by atoms with E-state index in [4.69, 9.17) is 20.2 Å². The van der Waals surface area contributed by atoms with E-state index >= 15 is 0 Å². The Morgan fingerprint density at radius 1 is 1.20 bits per heavy atom. The zero-order valence-electron chi connectivity index (χ0n) is 16.8. The first kappa shape index (κ1) is 20.5. The number of thiophene rings is 1. The highest BCUT2D eigenvalue weighted by Crippen LogP contribution is 2.36. The van der Waals surface area contributed by atoms with Gasteiger partial charge in [0.25, 0.3) is 0 Å². The quantitative estimate of drug-likeness (QED) is 0.380. The second-order valence-electron chi connectivity index (χ2n) is 7.11. The van der Waals surface area contributed by atoms with Crippen molar-refractivity contribution in [2.75, 3.05) is 27.3 Å². The van der Waals surface area contributed by atoms with Gasteiger partial charge in [0, 0.05) is 25.9 Å². The standard InChI is InChI=1S/C22H23FN4O2S/c1-27(2)22(24)26-19(16-12-18(30-13-16)21-28-9-10-29-21)15-6-3-5-14(11-15)17-7-4-8-25-20(17)23/h3-8,11-13,19,21H,9-10H2,1-2H3,(H2,24,26). The molecule has 2 N–H and O–H groups in total. The summed E-state index contributed by atoms with van der Waals surface area (Å²) in [5.41, 5.74) is 9.21. The number of halogens is 1. The molecule has 0 bridgehead atoms. The van der Waals surface area contributed by atoms with E-state index in [1.54, 1.807) is 28.4 Å². The molecule has 3 heterocycles. The number of nitrogens with two attached hydrogens (primary N) is 1. The molecule has 6 nitrogen and oxygen atoms in total. The van der Waals surface area contributed by atoms with Crippen molar-refractivity contribution in [1.82, 2.24) is 9.88 Å². The van der Waals surface area contributed by atoms with E-state index in [1.807, 2.05) is 49.8 Å². The molecule has 1 aliphatic heterocycles. The Morgan fingerprint density at radius 3 is 2.73 bits per heavy atom. The molecule has 0 amide bonds. The zero-order valence-corrected chi connectivity index (χ0v) is 17.6. The Bertz CT molecular complexity index is 1050. The van der Waals surface area contributed by atoms with Crippen molar-refractivity contribution in [1.29, 1.82) is 0 Å². The van der Waals surface area contributed by atoms with Crippen LogP contribution in [0.5, 0.6) is 0 Å². The third kappa shape index (κ3) is 4.35. The van der Waals surface area contributed by atoms with Crippen LogP contribution in [0.25, 0.3) is 11.1 Å². The van der Waals surface area contributed by atoms with Crippen molar-refractivity contribution in [3.05, 3.63) is 76.0 Å². The largest absolute Gasteiger partial charge is 0.370 e. The lowest BCUT2D eigenvalue weighted by Crippen LogP contribution is -2.31. The van der Waals surface area contributed by atoms with Crippen molar-refractivity contribution >= 4 is 17.3 Å². The average molecular weight is 427 g/mol. The highest BCUT2D eigenvalue weighted by molar-refractivity contribution is 7.10. The molecule has 30 heavy (non-hydrogen) atoms. The van der Waals surface area contributed by atoms with Crippen LogP contribution in [0.4, 0.5) is 4.39 Å². The Balaban J connectivity index is 1.74. The highest BCUT2D eigenvalue weighted by atomic mass is 32.1. The lowest BCUT2D eigenvalue weighted by molar-refractivity contribution is -0.0413.